The van der Waals surface area contributed by atoms with Crippen molar-refractivity contribution in [3.8, 4) is 5.75 Å². The van der Waals surface area contributed by atoms with Crippen molar-refractivity contribution >= 4 is 29.3 Å². The molecule has 6 nitrogen and oxygen atoms in total. The monoisotopic (exact) mass is 314 g/mol. The van der Waals surface area contributed by atoms with Gasteiger partial charge in [-0.15, -0.1) is 0 Å². The third-order valence-electron chi connectivity index (χ3n) is 2.81. The number of carboxylic acid groups (broad SMARTS) is 1. The molecule has 0 aliphatic heterocycles. The highest BCUT2D eigenvalue weighted by atomic mass is 35.5. The Bertz CT molecular complexity index is 508. The molecule has 0 aliphatic carbocycles. The lowest BCUT2D eigenvalue weighted by atomic mass is 10.1. The van der Waals surface area contributed by atoms with Gasteiger partial charge in [0.2, 0.25) is 0 Å². The van der Waals surface area contributed by atoms with Gasteiger partial charge in [-0.2, -0.15) is 0 Å². The van der Waals surface area contributed by atoms with Crippen molar-refractivity contribution in [1.82, 2.24) is 5.32 Å². The molecule has 7 heteroatoms. The Kier molecular flexibility index (Phi) is 6.81. The average Bonchev–Trinajstić information content (AvgIpc) is 2.38. The molecular weight excluding hydrogens is 296 g/mol. The van der Waals surface area contributed by atoms with Crippen molar-refractivity contribution in [3.63, 3.8) is 0 Å². The average molecular weight is 315 g/mol. The molecule has 1 rings (SSSR count). The molecule has 2 amide bonds. The summed E-state index contributed by atoms with van der Waals surface area (Å²) in [6, 6.07) is 4.46. The number of carbonyl (C=O) groups excluding carboxylic acids is 1. The number of rotatable bonds is 7. The highest BCUT2D eigenvalue weighted by Gasteiger charge is 2.09. The predicted octanol–water partition coefficient (Wildman–Crippen LogP) is 3.11. The Hall–Kier alpha value is -1.95. The van der Waals surface area contributed by atoms with Crippen molar-refractivity contribution in [2.75, 3.05) is 12.4 Å². The minimum absolute atomic E-state index is 0.0989. The first-order chi connectivity index (χ1) is 9.92. The second kappa shape index (κ2) is 8.36. The minimum atomic E-state index is -0.834. The molecule has 0 saturated heterocycles. The van der Waals surface area contributed by atoms with E-state index in [1.165, 1.54) is 7.11 Å². The lowest BCUT2D eigenvalue weighted by Crippen LogP contribution is -2.36. The van der Waals surface area contributed by atoms with Crippen LogP contribution in [0.15, 0.2) is 18.2 Å². The Balaban J connectivity index is 2.42. The summed E-state index contributed by atoms with van der Waals surface area (Å²) in [4.78, 5) is 22.2. The zero-order valence-corrected chi connectivity index (χ0v) is 12.7. The molecule has 0 aromatic heterocycles. The molecular formula is C14H19ClN2O4. The van der Waals surface area contributed by atoms with Crippen molar-refractivity contribution in [2.45, 2.75) is 32.2 Å². The van der Waals surface area contributed by atoms with Gasteiger partial charge in [0, 0.05) is 18.2 Å². The number of anilines is 1. The molecule has 0 bridgehead atoms. The van der Waals surface area contributed by atoms with Gasteiger partial charge in [0.1, 0.15) is 5.75 Å². The number of nitrogens with one attached hydrogen (secondary N) is 2. The quantitative estimate of drug-likeness (QED) is 0.721. The number of urea groups is 1. The molecule has 0 radical (unpaired) electrons. The maximum atomic E-state index is 11.8. The number of carbonyl (C=O) groups is 2. The van der Waals surface area contributed by atoms with Gasteiger partial charge < -0.3 is 20.5 Å². The molecule has 0 heterocycles. The normalized spacial score (nSPS) is 11.6. The van der Waals surface area contributed by atoms with Crippen LogP contribution in [-0.4, -0.2) is 30.3 Å². The van der Waals surface area contributed by atoms with E-state index in [1.807, 2.05) is 6.92 Å². The van der Waals surface area contributed by atoms with Gasteiger partial charge in [-0.3, -0.25) is 4.79 Å². The lowest BCUT2D eigenvalue weighted by Gasteiger charge is -2.14. The van der Waals surface area contributed by atoms with Crippen LogP contribution in [0.4, 0.5) is 10.5 Å². The Morgan fingerprint density at radius 3 is 2.71 bits per heavy atom. The maximum Gasteiger partial charge on any atom is 0.319 e. The zero-order valence-electron chi connectivity index (χ0n) is 12.0. The number of halogens is 1. The summed E-state index contributed by atoms with van der Waals surface area (Å²) >= 11 is 5.96. The summed E-state index contributed by atoms with van der Waals surface area (Å²) in [7, 11) is 1.51. The van der Waals surface area contributed by atoms with Gasteiger partial charge in [-0.1, -0.05) is 11.6 Å². The third-order valence-corrected chi connectivity index (χ3v) is 3.11. The van der Waals surface area contributed by atoms with E-state index in [4.69, 9.17) is 21.4 Å². The summed E-state index contributed by atoms with van der Waals surface area (Å²) < 4.78 is 5.02. The fraction of sp³-hybridized carbons (Fsp3) is 0.429. The number of benzene rings is 1. The zero-order chi connectivity index (χ0) is 15.8. The fourth-order valence-corrected chi connectivity index (χ4v) is 2.02. The van der Waals surface area contributed by atoms with E-state index in [0.717, 1.165) is 0 Å². The molecule has 1 aromatic carbocycles. The van der Waals surface area contributed by atoms with Crippen LogP contribution in [0.3, 0.4) is 0 Å². The largest absolute Gasteiger partial charge is 0.495 e. The van der Waals surface area contributed by atoms with Crippen LogP contribution in [0, 0.1) is 0 Å². The molecule has 0 aliphatic rings. The topological polar surface area (TPSA) is 87.7 Å². The van der Waals surface area contributed by atoms with Gasteiger partial charge in [-0.05, 0) is 38.0 Å². The fourth-order valence-electron chi connectivity index (χ4n) is 1.77. The van der Waals surface area contributed by atoms with E-state index in [1.54, 1.807) is 18.2 Å². The van der Waals surface area contributed by atoms with E-state index >= 15 is 0 Å². The van der Waals surface area contributed by atoms with Crippen LogP contribution in [0.1, 0.15) is 26.2 Å². The van der Waals surface area contributed by atoms with Crippen molar-refractivity contribution in [3.05, 3.63) is 23.2 Å². The summed E-state index contributed by atoms with van der Waals surface area (Å²) in [5, 5.41) is 14.3. The van der Waals surface area contributed by atoms with Gasteiger partial charge in [-0.25, -0.2) is 4.79 Å². The summed E-state index contributed by atoms with van der Waals surface area (Å²) in [6.07, 6.45) is 1.22. The first-order valence-corrected chi connectivity index (χ1v) is 6.93. The van der Waals surface area contributed by atoms with Crippen LogP contribution < -0.4 is 15.4 Å². The molecule has 1 unspecified atom stereocenters. The second-order valence-corrected chi connectivity index (χ2v) is 5.04. The molecule has 0 spiro atoms. The van der Waals surface area contributed by atoms with E-state index in [-0.39, 0.29) is 18.5 Å². The number of hydrogen-bond donors (Lipinski definition) is 3. The Morgan fingerprint density at radius 1 is 1.43 bits per heavy atom. The predicted molar refractivity (Wildman–Crippen MR) is 81.1 cm³/mol. The van der Waals surface area contributed by atoms with Gasteiger partial charge in [0.25, 0.3) is 0 Å². The number of methoxy groups -OCH3 is 1. The number of hydrogen-bond acceptors (Lipinski definition) is 3. The smallest absolute Gasteiger partial charge is 0.319 e. The third kappa shape index (κ3) is 6.35. The van der Waals surface area contributed by atoms with Crippen LogP contribution in [-0.2, 0) is 4.79 Å². The number of carboxylic acids is 1. The molecule has 116 valence electrons. The Morgan fingerprint density at radius 2 is 2.14 bits per heavy atom. The standard InChI is InChI=1S/C14H19ClN2O4/c1-9(4-3-5-13(18)19)16-14(20)17-10-6-7-12(21-2)11(15)8-10/h6-9H,3-5H2,1-2H3,(H,18,19)(H2,16,17,20). The molecule has 3 N–H and O–H groups in total. The van der Waals surface area contributed by atoms with Gasteiger partial charge in [0.05, 0.1) is 12.1 Å². The van der Waals surface area contributed by atoms with Gasteiger partial charge in [0.15, 0.2) is 0 Å². The van der Waals surface area contributed by atoms with Crippen LogP contribution in [0.5, 0.6) is 5.75 Å². The Labute approximate surface area is 128 Å². The van der Waals surface area contributed by atoms with Crippen molar-refractivity contribution in [2.24, 2.45) is 0 Å². The maximum absolute atomic E-state index is 11.8. The molecule has 1 atom stereocenters. The minimum Gasteiger partial charge on any atom is -0.495 e. The van der Waals surface area contributed by atoms with Crippen LogP contribution >= 0.6 is 11.6 Å². The highest BCUT2D eigenvalue weighted by molar-refractivity contribution is 6.32. The van der Waals surface area contributed by atoms with E-state index in [9.17, 15) is 9.59 Å². The SMILES string of the molecule is COc1ccc(NC(=O)NC(C)CCCC(=O)O)cc1Cl. The summed E-state index contributed by atoms with van der Waals surface area (Å²) in [5.74, 6) is -0.302. The van der Waals surface area contributed by atoms with Crippen molar-refractivity contribution < 1.29 is 19.4 Å². The summed E-state index contributed by atoms with van der Waals surface area (Å²) in [6.45, 7) is 1.82. The molecule has 0 fully saturated rings. The lowest BCUT2D eigenvalue weighted by molar-refractivity contribution is -0.137. The second-order valence-electron chi connectivity index (χ2n) is 4.63. The van der Waals surface area contributed by atoms with E-state index < -0.39 is 5.97 Å². The molecule has 0 saturated carbocycles. The highest BCUT2D eigenvalue weighted by Crippen LogP contribution is 2.27. The molecule has 21 heavy (non-hydrogen) atoms. The number of amides is 2. The van der Waals surface area contributed by atoms with Crippen LogP contribution in [0.2, 0.25) is 5.02 Å². The number of ether oxygens (including phenoxy) is 1. The van der Waals surface area contributed by atoms with Crippen LogP contribution in [0.25, 0.3) is 0 Å². The van der Waals surface area contributed by atoms with Crippen molar-refractivity contribution in [1.29, 1.82) is 0 Å². The molecule has 1 aromatic rings. The first-order valence-electron chi connectivity index (χ1n) is 6.55. The van der Waals surface area contributed by atoms with E-state index in [2.05, 4.69) is 10.6 Å². The number of aliphatic carboxylic acids is 1. The summed E-state index contributed by atoms with van der Waals surface area (Å²) in [5.41, 5.74) is 0.552. The first kappa shape index (κ1) is 17.1. The van der Waals surface area contributed by atoms with E-state index in [0.29, 0.717) is 29.3 Å². The van der Waals surface area contributed by atoms with Gasteiger partial charge >= 0.3 is 12.0 Å².